The van der Waals surface area contributed by atoms with Crippen LogP contribution in [0.2, 0.25) is 0 Å². The topological polar surface area (TPSA) is 67.9 Å². The highest BCUT2D eigenvalue weighted by molar-refractivity contribution is 7.12. The zero-order valence-corrected chi connectivity index (χ0v) is 18.1. The lowest BCUT2D eigenvalue weighted by atomic mass is 10.1. The molecule has 0 unspecified atom stereocenters. The number of carbonyl (C=O) groups is 2. The lowest BCUT2D eigenvalue weighted by molar-refractivity contribution is 0.0748. The molecule has 0 bridgehead atoms. The van der Waals surface area contributed by atoms with Gasteiger partial charge in [-0.05, 0) is 42.1 Å². The molecule has 1 aliphatic heterocycles. The van der Waals surface area contributed by atoms with Gasteiger partial charge in [-0.15, -0.1) is 11.3 Å². The Balaban J connectivity index is 1.40. The number of hydrogen-bond donors (Lipinski definition) is 1. The summed E-state index contributed by atoms with van der Waals surface area (Å²) >= 11 is 1.41. The first-order valence-electron chi connectivity index (χ1n) is 10.2. The Morgan fingerprint density at radius 3 is 2.58 bits per heavy atom. The summed E-state index contributed by atoms with van der Waals surface area (Å²) in [5.74, 6) is 1.30. The van der Waals surface area contributed by atoms with E-state index in [0.717, 1.165) is 22.6 Å². The SMILES string of the molecule is CCN(Cc1cccc2c1OCCO2)C(=O)c1ccc(CNC(=O)c2cccs2)cc1. The maximum Gasteiger partial charge on any atom is 0.261 e. The Labute approximate surface area is 185 Å². The van der Waals surface area contributed by atoms with Crippen LogP contribution in [-0.2, 0) is 13.1 Å². The van der Waals surface area contributed by atoms with Crippen molar-refractivity contribution in [2.24, 2.45) is 0 Å². The summed E-state index contributed by atoms with van der Waals surface area (Å²) in [5.41, 5.74) is 2.48. The van der Waals surface area contributed by atoms with Crippen molar-refractivity contribution < 1.29 is 19.1 Å². The van der Waals surface area contributed by atoms with Crippen LogP contribution in [0.25, 0.3) is 0 Å². The fourth-order valence-electron chi connectivity index (χ4n) is 3.42. The van der Waals surface area contributed by atoms with Crippen molar-refractivity contribution in [1.29, 1.82) is 0 Å². The Morgan fingerprint density at radius 1 is 1.03 bits per heavy atom. The maximum absolute atomic E-state index is 13.1. The van der Waals surface area contributed by atoms with Gasteiger partial charge >= 0.3 is 0 Å². The number of para-hydroxylation sites is 1. The Hall–Kier alpha value is -3.32. The molecular formula is C24H24N2O4S. The van der Waals surface area contributed by atoms with Crippen molar-refractivity contribution in [3.05, 3.63) is 81.5 Å². The third-order valence-corrected chi connectivity index (χ3v) is 5.95. The van der Waals surface area contributed by atoms with E-state index < -0.39 is 0 Å². The van der Waals surface area contributed by atoms with Crippen LogP contribution in [0, 0.1) is 0 Å². The van der Waals surface area contributed by atoms with Crippen LogP contribution < -0.4 is 14.8 Å². The lowest BCUT2D eigenvalue weighted by Crippen LogP contribution is -2.31. The average molecular weight is 437 g/mol. The van der Waals surface area contributed by atoms with Gasteiger partial charge in [-0.1, -0.05) is 30.3 Å². The zero-order chi connectivity index (χ0) is 21.6. The van der Waals surface area contributed by atoms with Gasteiger partial charge in [0, 0.05) is 30.8 Å². The van der Waals surface area contributed by atoms with Gasteiger partial charge in [0.15, 0.2) is 11.5 Å². The molecule has 3 aromatic rings. The molecule has 31 heavy (non-hydrogen) atoms. The molecule has 0 atom stereocenters. The van der Waals surface area contributed by atoms with Crippen LogP contribution in [-0.4, -0.2) is 36.5 Å². The van der Waals surface area contributed by atoms with Crippen LogP contribution in [0.5, 0.6) is 11.5 Å². The zero-order valence-electron chi connectivity index (χ0n) is 17.3. The molecule has 6 nitrogen and oxygen atoms in total. The molecule has 1 aromatic heterocycles. The summed E-state index contributed by atoms with van der Waals surface area (Å²) in [5, 5.41) is 4.77. The minimum absolute atomic E-state index is 0.0500. The molecule has 4 rings (SSSR count). The summed E-state index contributed by atoms with van der Waals surface area (Å²) in [6, 6.07) is 16.8. The van der Waals surface area contributed by atoms with Gasteiger partial charge < -0.3 is 19.7 Å². The summed E-state index contributed by atoms with van der Waals surface area (Å²) in [7, 11) is 0. The molecule has 160 valence electrons. The lowest BCUT2D eigenvalue weighted by Gasteiger charge is -2.25. The molecule has 0 saturated carbocycles. The monoisotopic (exact) mass is 436 g/mol. The van der Waals surface area contributed by atoms with Crippen LogP contribution >= 0.6 is 11.3 Å². The second-order valence-corrected chi connectivity index (χ2v) is 8.07. The smallest absolute Gasteiger partial charge is 0.261 e. The predicted molar refractivity (Wildman–Crippen MR) is 120 cm³/mol. The standard InChI is InChI=1S/C24H24N2O4S/c1-2-26(16-19-5-3-6-20-22(19)30-13-12-29-20)24(28)18-10-8-17(9-11-18)15-25-23(27)21-7-4-14-31-21/h3-11,14H,2,12-13,15-16H2,1H3,(H,25,27). The van der Waals surface area contributed by atoms with E-state index in [9.17, 15) is 9.59 Å². The van der Waals surface area contributed by atoms with Crippen LogP contribution in [0.4, 0.5) is 0 Å². The van der Waals surface area contributed by atoms with Crippen LogP contribution in [0.3, 0.4) is 0 Å². The van der Waals surface area contributed by atoms with E-state index in [1.165, 1.54) is 11.3 Å². The predicted octanol–water partition coefficient (Wildman–Crippen LogP) is 4.11. The number of carbonyl (C=O) groups excluding carboxylic acids is 2. The molecule has 2 heterocycles. The van der Waals surface area contributed by atoms with Gasteiger partial charge in [0.1, 0.15) is 13.2 Å². The average Bonchev–Trinajstić information content (AvgIpc) is 3.36. The summed E-state index contributed by atoms with van der Waals surface area (Å²) in [4.78, 5) is 27.6. The van der Waals surface area contributed by atoms with Gasteiger partial charge in [-0.3, -0.25) is 9.59 Å². The van der Waals surface area contributed by atoms with Gasteiger partial charge in [0.2, 0.25) is 0 Å². The van der Waals surface area contributed by atoms with E-state index in [0.29, 0.717) is 43.3 Å². The third-order valence-electron chi connectivity index (χ3n) is 5.08. The second kappa shape index (κ2) is 9.66. The van der Waals surface area contributed by atoms with Gasteiger partial charge in [0.25, 0.3) is 11.8 Å². The van der Waals surface area contributed by atoms with Crippen LogP contribution in [0.15, 0.2) is 60.0 Å². The normalized spacial score (nSPS) is 12.3. The third kappa shape index (κ3) is 4.88. The molecule has 2 amide bonds. The summed E-state index contributed by atoms with van der Waals surface area (Å²) in [6.45, 7) is 4.43. The Kier molecular flexibility index (Phi) is 6.52. The van der Waals surface area contributed by atoms with Gasteiger partial charge in [0.05, 0.1) is 4.88 Å². The van der Waals surface area contributed by atoms with E-state index in [4.69, 9.17) is 9.47 Å². The highest BCUT2D eigenvalue weighted by Crippen LogP contribution is 2.34. The first kappa shape index (κ1) is 20.9. The summed E-state index contributed by atoms with van der Waals surface area (Å²) < 4.78 is 11.4. The van der Waals surface area contributed by atoms with Crippen molar-refractivity contribution in [2.45, 2.75) is 20.0 Å². The highest BCUT2D eigenvalue weighted by atomic mass is 32.1. The van der Waals surface area contributed by atoms with Gasteiger partial charge in [-0.2, -0.15) is 0 Å². The number of amides is 2. The molecule has 0 spiro atoms. The minimum atomic E-state index is -0.0929. The molecule has 0 saturated heterocycles. The Morgan fingerprint density at radius 2 is 1.84 bits per heavy atom. The molecule has 0 fully saturated rings. The molecule has 2 aromatic carbocycles. The Bertz CT molecular complexity index is 1050. The van der Waals surface area contributed by atoms with Crippen molar-refractivity contribution in [3.63, 3.8) is 0 Å². The minimum Gasteiger partial charge on any atom is -0.486 e. The van der Waals surface area contributed by atoms with E-state index in [1.807, 2.05) is 48.7 Å². The van der Waals surface area contributed by atoms with E-state index in [1.54, 1.807) is 23.1 Å². The number of nitrogens with zero attached hydrogens (tertiary/aromatic N) is 1. The maximum atomic E-state index is 13.1. The first-order chi connectivity index (χ1) is 15.2. The number of fused-ring (bicyclic) bond motifs is 1. The molecule has 1 aliphatic rings. The van der Waals surface area contributed by atoms with Crippen molar-refractivity contribution >= 4 is 23.2 Å². The number of benzene rings is 2. The molecule has 7 heteroatoms. The van der Waals surface area contributed by atoms with E-state index in [-0.39, 0.29) is 11.8 Å². The van der Waals surface area contributed by atoms with Crippen molar-refractivity contribution in [2.75, 3.05) is 19.8 Å². The molecule has 0 radical (unpaired) electrons. The number of hydrogen-bond acceptors (Lipinski definition) is 5. The quantitative estimate of drug-likeness (QED) is 0.605. The molecular weight excluding hydrogens is 412 g/mol. The fraction of sp³-hybridized carbons (Fsp3) is 0.250. The fourth-order valence-corrected chi connectivity index (χ4v) is 4.06. The van der Waals surface area contributed by atoms with Crippen LogP contribution in [0.1, 0.15) is 38.1 Å². The molecule has 0 aliphatic carbocycles. The molecule has 1 N–H and O–H groups in total. The number of thiophene rings is 1. The second-order valence-electron chi connectivity index (χ2n) is 7.12. The van der Waals surface area contributed by atoms with E-state index in [2.05, 4.69) is 5.32 Å². The van der Waals surface area contributed by atoms with Crippen molar-refractivity contribution in [3.8, 4) is 11.5 Å². The number of rotatable bonds is 7. The van der Waals surface area contributed by atoms with Crippen molar-refractivity contribution in [1.82, 2.24) is 10.2 Å². The van der Waals surface area contributed by atoms with Gasteiger partial charge in [-0.25, -0.2) is 0 Å². The van der Waals surface area contributed by atoms with E-state index >= 15 is 0 Å². The summed E-state index contributed by atoms with van der Waals surface area (Å²) in [6.07, 6.45) is 0. The number of ether oxygens (including phenoxy) is 2. The number of nitrogens with one attached hydrogen (secondary N) is 1. The first-order valence-corrected chi connectivity index (χ1v) is 11.1. The highest BCUT2D eigenvalue weighted by Gasteiger charge is 2.20. The largest absolute Gasteiger partial charge is 0.486 e.